The van der Waals surface area contributed by atoms with Gasteiger partial charge >= 0.3 is 0 Å². The van der Waals surface area contributed by atoms with Crippen LogP contribution in [-0.2, 0) is 16.1 Å². The van der Waals surface area contributed by atoms with Crippen LogP contribution in [0.25, 0.3) is 0 Å². The molecule has 1 atom stereocenters. The molecule has 2 fully saturated rings. The molecule has 2 N–H and O–H groups in total. The van der Waals surface area contributed by atoms with Crippen molar-refractivity contribution in [3.63, 3.8) is 0 Å². The first-order chi connectivity index (χ1) is 10.5. The largest absolute Gasteiger partial charge is 0.384 e. The van der Waals surface area contributed by atoms with Crippen LogP contribution in [0.5, 0.6) is 0 Å². The summed E-state index contributed by atoms with van der Waals surface area (Å²) in [5, 5.41) is 4.23. The van der Waals surface area contributed by atoms with Crippen LogP contribution in [0.4, 0.5) is 5.82 Å². The van der Waals surface area contributed by atoms with Crippen LogP contribution in [0.3, 0.4) is 0 Å². The first-order valence-electron chi connectivity index (χ1n) is 7.92. The number of carbonyl (C=O) groups is 2. The van der Waals surface area contributed by atoms with Gasteiger partial charge in [-0.3, -0.25) is 9.59 Å². The molecule has 0 aliphatic carbocycles. The van der Waals surface area contributed by atoms with Gasteiger partial charge in [-0.2, -0.15) is 5.10 Å². The Balaban J connectivity index is 1.62. The fourth-order valence-corrected chi connectivity index (χ4v) is 3.41. The van der Waals surface area contributed by atoms with Crippen molar-refractivity contribution in [2.24, 2.45) is 0 Å². The van der Waals surface area contributed by atoms with E-state index in [1.54, 1.807) is 10.7 Å². The number of anilines is 1. The highest BCUT2D eigenvalue weighted by Crippen LogP contribution is 2.21. The lowest BCUT2D eigenvalue weighted by Crippen LogP contribution is -2.50. The topological polar surface area (TPSA) is 84.5 Å². The molecule has 3 heterocycles. The van der Waals surface area contributed by atoms with E-state index in [9.17, 15) is 9.59 Å². The number of piperidine rings is 1. The van der Waals surface area contributed by atoms with Crippen molar-refractivity contribution >= 4 is 17.6 Å². The zero-order valence-corrected chi connectivity index (χ0v) is 13.0. The summed E-state index contributed by atoms with van der Waals surface area (Å²) in [4.78, 5) is 28.2. The predicted molar refractivity (Wildman–Crippen MR) is 81.9 cm³/mol. The quantitative estimate of drug-likeness (QED) is 0.875. The Bertz CT molecular complexity index is 582. The van der Waals surface area contributed by atoms with Gasteiger partial charge in [-0.15, -0.1) is 0 Å². The van der Waals surface area contributed by atoms with E-state index in [2.05, 4.69) is 5.10 Å². The van der Waals surface area contributed by atoms with E-state index >= 15 is 0 Å². The van der Waals surface area contributed by atoms with Gasteiger partial charge in [0.05, 0.1) is 5.69 Å². The minimum Gasteiger partial charge on any atom is -0.384 e. The first-order valence-corrected chi connectivity index (χ1v) is 7.92. The van der Waals surface area contributed by atoms with Crippen LogP contribution >= 0.6 is 0 Å². The molecule has 0 aromatic carbocycles. The van der Waals surface area contributed by atoms with E-state index in [0.717, 1.165) is 38.0 Å². The standard InChI is InChI=1S/C15H23N5O2/c1-11-8-13(16)20(17-11)10-15(22)18-6-2-4-12(9-18)19-7-3-5-14(19)21/h8,12H,2-7,9-10,16H2,1H3/t12-/m0/s1. The third-order valence-electron chi connectivity index (χ3n) is 4.52. The molecule has 2 aliphatic rings. The molecule has 1 aromatic rings. The van der Waals surface area contributed by atoms with Crippen molar-refractivity contribution in [3.8, 4) is 0 Å². The zero-order valence-electron chi connectivity index (χ0n) is 13.0. The van der Waals surface area contributed by atoms with E-state index in [1.165, 1.54) is 0 Å². The lowest BCUT2D eigenvalue weighted by atomic mass is 10.0. The minimum absolute atomic E-state index is 0.0196. The summed E-state index contributed by atoms with van der Waals surface area (Å²) in [5.41, 5.74) is 6.65. The number of nitrogens with two attached hydrogens (primary N) is 1. The number of hydrogen-bond donors (Lipinski definition) is 1. The monoisotopic (exact) mass is 305 g/mol. The van der Waals surface area contributed by atoms with Crippen LogP contribution in [0.1, 0.15) is 31.4 Å². The molecule has 2 saturated heterocycles. The average Bonchev–Trinajstić information content (AvgIpc) is 3.05. The third-order valence-corrected chi connectivity index (χ3v) is 4.52. The number of rotatable bonds is 3. The van der Waals surface area contributed by atoms with Crippen molar-refractivity contribution in [1.29, 1.82) is 0 Å². The van der Waals surface area contributed by atoms with Crippen molar-refractivity contribution < 1.29 is 9.59 Å². The van der Waals surface area contributed by atoms with Crippen molar-refractivity contribution in [2.75, 3.05) is 25.4 Å². The molecule has 2 amide bonds. The number of carbonyl (C=O) groups excluding carboxylic acids is 2. The van der Waals surface area contributed by atoms with Gasteiger partial charge in [0.15, 0.2) is 0 Å². The molecular formula is C15H23N5O2. The summed E-state index contributed by atoms with van der Waals surface area (Å²) in [5.74, 6) is 0.756. The number of amides is 2. The van der Waals surface area contributed by atoms with Gasteiger partial charge in [0.25, 0.3) is 0 Å². The van der Waals surface area contributed by atoms with Crippen molar-refractivity contribution in [1.82, 2.24) is 19.6 Å². The van der Waals surface area contributed by atoms with E-state index in [1.807, 2.05) is 16.7 Å². The van der Waals surface area contributed by atoms with Gasteiger partial charge in [-0.1, -0.05) is 0 Å². The second-order valence-electron chi connectivity index (χ2n) is 6.19. The zero-order chi connectivity index (χ0) is 15.7. The lowest BCUT2D eigenvalue weighted by Gasteiger charge is -2.37. The van der Waals surface area contributed by atoms with Crippen molar-refractivity contribution in [3.05, 3.63) is 11.8 Å². The van der Waals surface area contributed by atoms with Crippen LogP contribution in [0.2, 0.25) is 0 Å². The number of nitrogens with zero attached hydrogens (tertiary/aromatic N) is 4. The number of hydrogen-bond acceptors (Lipinski definition) is 4. The second kappa shape index (κ2) is 5.98. The van der Waals surface area contributed by atoms with Gasteiger partial charge in [-0.05, 0) is 26.2 Å². The predicted octanol–water partition coefficient (Wildman–Crippen LogP) is 0.387. The highest BCUT2D eigenvalue weighted by atomic mass is 16.2. The third kappa shape index (κ3) is 2.93. The summed E-state index contributed by atoms with van der Waals surface area (Å²) < 4.78 is 1.54. The average molecular weight is 305 g/mol. The Morgan fingerprint density at radius 3 is 2.86 bits per heavy atom. The van der Waals surface area contributed by atoms with Crippen LogP contribution in [-0.4, -0.2) is 57.1 Å². The first kappa shape index (κ1) is 14.9. The van der Waals surface area contributed by atoms with Crippen molar-refractivity contribution in [2.45, 2.75) is 45.2 Å². The van der Waals surface area contributed by atoms with Gasteiger partial charge in [-0.25, -0.2) is 4.68 Å². The van der Waals surface area contributed by atoms with Crippen LogP contribution < -0.4 is 5.73 Å². The molecule has 0 spiro atoms. The highest BCUT2D eigenvalue weighted by Gasteiger charge is 2.32. The van der Waals surface area contributed by atoms with Crippen LogP contribution in [0.15, 0.2) is 6.07 Å². The summed E-state index contributed by atoms with van der Waals surface area (Å²) in [6, 6.07) is 1.93. The number of aryl methyl sites for hydroxylation is 1. The van der Waals surface area contributed by atoms with Gasteiger partial charge in [0, 0.05) is 38.2 Å². The van der Waals surface area contributed by atoms with Crippen LogP contribution in [0, 0.1) is 6.92 Å². The molecule has 1 aromatic heterocycles. The number of nitrogen functional groups attached to an aromatic ring is 1. The Morgan fingerprint density at radius 1 is 1.41 bits per heavy atom. The maximum Gasteiger partial charge on any atom is 0.244 e. The Labute approximate surface area is 130 Å². The summed E-state index contributed by atoms with van der Waals surface area (Å²) >= 11 is 0. The second-order valence-corrected chi connectivity index (χ2v) is 6.19. The molecule has 22 heavy (non-hydrogen) atoms. The number of aromatic nitrogens is 2. The maximum atomic E-state index is 12.5. The normalized spacial score (nSPS) is 22.4. The van der Waals surface area contributed by atoms with Gasteiger partial charge < -0.3 is 15.5 Å². The van der Waals surface area contributed by atoms with Gasteiger partial charge in [0.1, 0.15) is 12.4 Å². The molecule has 3 rings (SSSR count). The van der Waals surface area contributed by atoms with E-state index in [4.69, 9.17) is 5.73 Å². The smallest absolute Gasteiger partial charge is 0.244 e. The molecule has 7 nitrogen and oxygen atoms in total. The lowest BCUT2D eigenvalue weighted by molar-refractivity contribution is -0.138. The minimum atomic E-state index is 0.0196. The molecule has 0 unspecified atom stereocenters. The van der Waals surface area contributed by atoms with Gasteiger partial charge in [0.2, 0.25) is 11.8 Å². The number of likely N-dealkylation sites (tertiary alicyclic amines) is 2. The summed E-state index contributed by atoms with van der Waals surface area (Å²) in [6.45, 7) is 4.23. The Hall–Kier alpha value is -2.05. The molecule has 0 saturated carbocycles. The Kier molecular flexibility index (Phi) is 4.04. The van der Waals surface area contributed by atoms with E-state index in [0.29, 0.717) is 18.8 Å². The molecule has 2 aliphatic heterocycles. The summed E-state index contributed by atoms with van der Waals surface area (Å²) in [7, 11) is 0. The molecule has 0 bridgehead atoms. The molecule has 0 radical (unpaired) electrons. The van der Waals surface area contributed by atoms with E-state index in [-0.39, 0.29) is 24.4 Å². The fraction of sp³-hybridized carbons (Fsp3) is 0.667. The maximum absolute atomic E-state index is 12.5. The molecule has 120 valence electrons. The molecule has 7 heteroatoms. The SMILES string of the molecule is Cc1cc(N)n(CC(=O)N2CCC[C@H](N3CCCC3=O)C2)n1. The summed E-state index contributed by atoms with van der Waals surface area (Å²) in [6.07, 6.45) is 3.51. The Morgan fingerprint density at radius 2 is 2.23 bits per heavy atom. The fourth-order valence-electron chi connectivity index (χ4n) is 3.41. The van der Waals surface area contributed by atoms with E-state index < -0.39 is 0 Å². The molecular weight excluding hydrogens is 282 g/mol. The highest BCUT2D eigenvalue weighted by molar-refractivity contribution is 5.79.